The summed E-state index contributed by atoms with van der Waals surface area (Å²) in [6.45, 7) is 2.04. The minimum atomic E-state index is 0.265. The number of aromatic nitrogens is 1. The maximum absolute atomic E-state index is 8.71. The highest BCUT2D eigenvalue weighted by atomic mass is 35.5. The molecule has 2 aromatic rings. The van der Waals surface area contributed by atoms with Gasteiger partial charge in [0.2, 0.25) is 0 Å². The molecule has 2 aromatic heterocycles. The van der Waals surface area contributed by atoms with Gasteiger partial charge >= 0.3 is 0 Å². The van der Waals surface area contributed by atoms with E-state index < -0.39 is 0 Å². The van der Waals surface area contributed by atoms with Gasteiger partial charge in [0.1, 0.15) is 11.2 Å². The van der Waals surface area contributed by atoms with Crippen molar-refractivity contribution in [3.63, 3.8) is 0 Å². The van der Waals surface area contributed by atoms with Crippen LogP contribution in [0.4, 0.5) is 0 Å². The van der Waals surface area contributed by atoms with E-state index in [0.717, 1.165) is 10.6 Å². The summed E-state index contributed by atoms with van der Waals surface area (Å²) in [7, 11) is 0. The molecular weight excluding hydrogens is 228 g/mol. The first-order valence-corrected chi connectivity index (χ1v) is 5.53. The number of rotatable bonds is 1. The molecule has 2 rings (SSSR count). The maximum Gasteiger partial charge on any atom is 0.147 e. The lowest BCUT2D eigenvalue weighted by Gasteiger charge is -1.98. The van der Waals surface area contributed by atoms with Gasteiger partial charge in [0.25, 0.3) is 0 Å². The molecule has 0 aliphatic heterocycles. The Kier molecular flexibility index (Phi) is 2.72. The van der Waals surface area contributed by atoms with Crippen LogP contribution in [0, 0.1) is 18.3 Å². The highest BCUT2D eigenvalue weighted by Gasteiger charge is 2.06. The number of thiophene rings is 1. The molecule has 0 N–H and O–H groups in total. The Morgan fingerprint density at radius 2 is 2.13 bits per heavy atom. The van der Waals surface area contributed by atoms with E-state index in [9.17, 15) is 0 Å². The minimum absolute atomic E-state index is 0.265. The largest absolute Gasteiger partial charge is 0.234 e. The van der Waals surface area contributed by atoms with Crippen LogP contribution >= 0.6 is 22.9 Å². The molecule has 0 atom stereocenters. The molecule has 0 aliphatic rings. The molecule has 4 heteroatoms. The van der Waals surface area contributed by atoms with Gasteiger partial charge in [-0.2, -0.15) is 5.26 Å². The van der Waals surface area contributed by atoms with Crippen LogP contribution in [-0.4, -0.2) is 4.98 Å². The molecular formula is C11H7ClN2S. The molecule has 2 heterocycles. The number of pyridine rings is 1. The van der Waals surface area contributed by atoms with E-state index in [4.69, 9.17) is 16.9 Å². The number of halogens is 1. The first-order valence-electron chi connectivity index (χ1n) is 4.34. The third-order valence-electron chi connectivity index (χ3n) is 1.96. The van der Waals surface area contributed by atoms with Crippen molar-refractivity contribution in [3.05, 3.63) is 39.9 Å². The van der Waals surface area contributed by atoms with E-state index in [1.807, 2.05) is 31.2 Å². The molecule has 15 heavy (non-hydrogen) atoms. The van der Waals surface area contributed by atoms with E-state index in [1.54, 1.807) is 17.4 Å². The number of hydrogen-bond donors (Lipinski definition) is 0. The van der Waals surface area contributed by atoms with E-state index in [0.29, 0.717) is 5.56 Å². The Morgan fingerprint density at radius 3 is 2.67 bits per heavy atom. The van der Waals surface area contributed by atoms with Crippen molar-refractivity contribution in [2.75, 3.05) is 0 Å². The van der Waals surface area contributed by atoms with Crippen molar-refractivity contribution in [1.82, 2.24) is 4.98 Å². The molecule has 0 aromatic carbocycles. The van der Waals surface area contributed by atoms with Gasteiger partial charge in [0.05, 0.1) is 16.1 Å². The lowest BCUT2D eigenvalue weighted by atomic mass is 10.2. The number of hydrogen-bond acceptors (Lipinski definition) is 3. The van der Waals surface area contributed by atoms with Crippen LogP contribution in [0.5, 0.6) is 0 Å². The van der Waals surface area contributed by atoms with Crippen LogP contribution in [0.3, 0.4) is 0 Å². The van der Waals surface area contributed by atoms with Crippen LogP contribution in [-0.2, 0) is 0 Å². The molecule has 0 radical (unpaired) electrons. The number of nitriles is 1. The van der Waals surface area contributed by atoms with Crippen LogP contribution in [0.15, 0.2) is 24.3 Å². The Hall–Kier alpha value is -1.37. The van der Waals surface area contributed by atoms with E-state index >= 15 is 0 Å². The van der Waals surface area contributed by atoms with Gasteiger partial charge in [-0.1, -0.05) is 11.6 Å². The highest BCUT2D eigenvalue weighted by Crippen LogP contribution is 2.27. The fourth-order valence-corrected chi connectivity index (χ4v) is 2.26. The molecule has 74 valence electrons. The van der Waals surface area contributed by atoms with Gasteiger partial charge in [-0.15, -0.1) is 11.3 Å². The summed E-state index contributed by atoms with van der Waals surface area (Å²) in [4.78, 5) is 6.48. The summed E-state index contributed by atoms with van der Waals surface area (Å²) in [5.41, 5.74) is 1.23. The first-order chi connectivity index (χ1) is 7.20. The van der Waals surface area contributed by atoms with E-state index in [2.05, 4.69) is 4.98 Å². The fourth-order valence-electron chi connectivity index (χ4n) is 1.23. The number of nitrogens with zero attached hydrogens (tertiary/aromatic N) is 2. The van der Waals surface area contributed by atoms with Gasteiger partial charge in [0.15, 0.2) is 0 Å². The number of aryl methyl sites for hydroxylation is 1. The third kappa shape index (κ3) is 2.01. The van der Waals surface area contributed by atoms with Crippen molar-refractivity contribution < 1.29 is 0 Å². The summed E-state index contributed by atoms with van der Waals surface area (Å²) in [6, 6.07) is 9.54. The monoisotopic (exact) mass is 234 g/mol. The molecule has 0 saturated carbocycles. The SMILES string of the molecule is Cc1ccc(-c2ccc(C#N)c(Cl)n2)s1. The Morgan fingerprint density at radius 1 is 1.33 bits per heavy atom. The van der Waals surface area contributed by atoms with Gasteiger partial charge in [0, 0.05) is 4.88 Å². The predicted octanol–water partition coefficient (Wildman–Crippen LogP) is 3.64. The highest BCUT2D eigenvalue weighted by molar-refractivity contribution is 7.15. The molecule has 0 saturated heterocycles. The summed E-state index contributed by atoms with van der Waals surface area (Å²) in [5.74, 6) is 0. The molecule has 0 bridgehead atoms. The zero-order valence-electron chi connectivity index (χ0n) is 7.99. The molecule has 0 fully saturated rings. The van der Waals surface area contributed by atoms with E-state index in [1.165, 1.54) is 4.88 Å². The molecule has 0 unspecified atom stereocenters. The van der Waals surface area contributed by atoms with Crippen LogP contribution < -0.4 is 0 Å². The summed E-state index contributed by atoms with van der Waals surface area (Å²) in [5, 5.41) is 8.98. The Balaban J connectivity index is 2.48. The van der Waals surface area contributed by atoms with Crippen LogP contribution in [0.25, 0.3) is 10.6 Å². The molecule has 0 amide bonds. The molecule has 0 spiro atoms. The third-order valence-corrected chi connectivity index (χ3v) is 3.27. The smallest absolute Gasteiger partial charge is 0.147 e. The average Bonchev–Trinajstić information content (AvgIpc) is 2.65. The van der Waals surface area contributed by atoms with Crippen LogP contribution in [0.1, 0.15) is 10.4 Å². The van der Waals surface area contributed by atoms with Crippen molar-refractivity contribution in [2.45, 2.75) is 6.92 Å². The summed E-state index contributed by atoms with van der Waals surface area (Å²) >= 11 is 7.52. The quantitative estimate of drug-likeness (QED) is 0.707. The van der Waals surface area contributed by atoms with Crippen molar-refractivity contribution in [1.29, 1.82) is 5.26 Å². The zero-order valence-corrected chi connectivity index (χ0v) is 9.56. The summed E-state index contributed by atoms with van der Waals surface area (Å²) < 4.78 is 0. The molecule has 2 nitrogen and oxygen atoms in total. The standard InChI is InChI=1S/C11H7ClN2S/c1-7-2-5-10(15-7)9-4-3-8(6-13)11(12)14-9/h2-5H,1H3. The summed E-state index contributed by atoms with van der Waals surface area (Å²) in [6.07, 6.45) is 0. The second-order valence-electron chi connectivity index (χ2n) is 3.06. The van der Waals surface area contributed by atoms with Gasteiger partial charge in [-0.05, 0) is 31.2 Å². The fraction of sp³-hybridized carbons (Fsp3) is 0.0909. The van der Waals surface area contributed by atoms with Gasteiger partial charge in [-0.25, -0.2) is 4.98 Å². The molecule has 0 aliphatic carbocycles. The van der Waals surface area contributed by atoms with Gasteiger partial charge in [-0.3, -0.25) is 0 Å². The lowest BCUT2D eigenvalue weighted by molar-refractivity contribution is 1.31. The van der Waals surface area contributed by atoms with Crippen molar-refractivity contribution >= 4 is 22.9 Å². The Labute approximate surface area is 96.8 Å². The van der Waals surface area contributed by atoms with E-state index in [-0.39, 0.29) is 5.15 Å². The topological polar surface area (TPSA) is 36.7 Å². The minimum Gasteiger partial charge on any atom is -0.234 e. The zero-order chi connectivity index (χ0) is 10.8. The van der Waals surface area contributed by atoms with Crippen molar-refractivity contribution in [2.24, 2.45) is 0 Å². The first kappa shape index (κ1) is 10.2. The normalized spacial score (nSPS) is 9.93. The predicted molar refractivity (Wildman–Crippen MR) is 62.0 cm³/mol. The van der Waals surface area contributed by atoms with Crippen molar-refractivity contribution in [3.8, 4) is 16.6 Å². The van der Waals surface area contributed by atoms with Crippen LogP contribution in [0.2, 0.25) is 5.15 Å². The second kappa shape index (κ2) is 4.01. The lowest BCUT2D eigenvalue weighted by Crippen LogP contribution is -1.85. The maximum atomic E-state index is 8.71. The average molecular weight is 235 g/mol. The second-order valence-corrected chi connectivity index (χ2v) is 4.70. The van der Waals surface area contributed by atoms with Gasteiger partial charge < -0.3 is 0 Å². The Bertz CT molecular complexity index is 540.